The van der Waals surface area contributed by atoms with Crippen molar-refractivity contribution in [2.45, 2.75) is 25.5 Å². The number of benzene rings is 1. The Balaban J connectivity index is 2.06. The molecule has 1 heterocycles. The molecule has 2 rings (SSSR count). The minimum atomic E-state index is -1.06. The average molecular weight is 341 g/mol. The number of rotatable bonds is 5. The van der Waals surface area contributed by atoms with Crippen LogP contribution in [0, 0.1) is 0 Å². The van der Waals surface area contributed by atoms with Crippen molar-refractivity contribution in [2.75, 3.05) is 26.2 Å². The largest absolute Gasteiger partial charge is 0.480 e. The lowest BCUT2D eigenvalue weighted by molar-refractivity contribution is -0.140. The Morgan fingerprint density at radius 2 is 2.13 bits per heavy atom. The van der Waals surface area contributed by atoms with Crippen molar-refractivity contribution in [2.24, 2.45) is 0 Å². The van der Waals surface area contributed by atoms with Crippen LogP contribution in [0.1, 0.15) is 25.5 Å². The number of aliphatic carboxylic acids is 1. The third-order valence-corrected chi connectivity index (χ3v) is 4.25. The zero-order chi connectivity index (χ0) is 17.0. The first kappa shape index (κ1) is 17.7. The van der Waals surface area contributed by atoms with Crippen LogP contribution in [-0.2, 0) is 14.3 Å². The summed E-state index contributed by atoms with van der Waals surface area (Å²) in [6, 6.07) is 7.47. The lowest BCUT2D eigenvalue weighted by Gasteiger charge is -2.45. The second kappa shape index (κ2) is 7.29. The molecule has 0 saturated carbocycles. The van der Waals surface area contributed by atoms with Crippen LogP contribution in [0.3, 0.4) is 0 Å². The SMILES string of the molecule is CC1(C)COC(c2ccccc2Cl)CN1CC(=O)NCC(=O)O. The van der Waals surface area contributed by atoms with Crippen LogP contribution in [0.2, 0.25) is 5.02 Å². The molecule has 0 aromatic heterocycles. The zero-order valence-corrected chi connectivity index (χ0v) is 14.0. The Bertz CT molecular complexity index is 591. The number of hydrogen-bond acceptors (Lipinski definition) is 4. The molecule has 0 aliphatic carbocycles. The van der Waals surface area contributed by atoms with E-state index in [4.69, 9.17) is 21.4 Å². The van der Waals surface area contributed by atoms with E-state index in [2.05, 4.69) is 5.32 Å². The van der Waals surface area contributed by atoms with Gasteiger partial charge < -0.3 is 15.2 Å². The number of nitrogens with zero attached hydrogens (tertiary/aromatic N) is 1. The van der Waals surface area contributed by atoms with Crippen molar-refractivity contribution in [3.05, 3.63) is 34.9 Å². The third-order valence-electron chi connectivity index (χ3n) is 3.90. The number of ether oxygens (including phenoxy) is 1. The van der Waals surface area contributed by atoms with Gasteiger partial charge in [-0.3, -0.25) is 14.5 Å². The fraction of sp³-hybridized carbons (Fsp3) is 0.500. The highest BCUT2D eigenvalue weighted by atomic mass is 35.5. The Labute approximate surface area is 140 Å². The van der Waals surface area contributed by atoms with Crippen molar-refractivity contribution < 1.29 is 19.4 Å². The highest BCUT2D eigenvalue weighted by Crippen LogP contribution is 2.33. The summed E-state index contributed by atoms with van der Waals surface area (Å²) in [5.74, 6) is -1.38. The molecule has 6 nitrogen and oxygen atoms in total. The van der Waals surface area contributed by atoms with E-state index in [1.165, 1.54) is 0 Å². The molecule has 1 aliphatic heterocycles. The molecule has 126 valence electrons. The van der Waals surface area contributed by atoms with E-state index in [1.807, 2.05) is 43.0 Å². The first-order valence-electron chi connectivity index (χ1n) is 7.39. The van der Waals surface area contributed by atoms with Gasteiger partial charge in [-0.05, 0) is 19.9 Å². The second-order valence-electron chi connectivity index (χ2n) is 6.18. The van der Waals surface area contributed by atoms with Crippen molar-refractivity contribution >= 4 is 23.5 Å². The van der Waals surface area contributed by atoms with Crippen molar-refractivity contribution in [1.82, 2.24) is 10.2 Å². The maximum absolute atomic E-state index is 11.9. The standard InChI is InChI=1S/C16H21ClN2O4/c1-16(2)10-23-13(11-5-3-4-6-12(11)17)8-19(16)9-14(20)18-7-15(21)22/h3-6,13H,7-10H2,1-2H3,(H,18,20)(H,21,22). The quantitative estimate of drug-likeness (QED) is 0.852. The molecular formula is C16H21ClN2O4. The zero-order valence-electron chi connectivity index (χ0n) is 13.2. The van der Waals surface area contributed by atoms with E-state index >= 15 is 0 Å². The van der Waals surface area contributed by atoms with Gasteiger partial charge in [-0.15, -0.1) is 0 Å². The van der Waals surface area contributed by atoms with E-state index in [-0.39, 0.29) is 30.6 Å². The predicted octanol–water partition coefficient (Wildman–Crippen LogP) is 1.69. The number of morpholine rings is 1. The van der Waals surface area contributed by atoms with Crippen LogP contribution in [0.5, 0.6) is 0 Å². The van der Waals surface area contributed by atoms with Crippen molar-refractivity contribution in [3.63, 3.8) is 0 Å². The summed E-state index contributed by atoms with van der Waals surface area (Å²) in [4.78, 5) is 24.5. The van der Waals surface area contributed by atoms with Gasteiger partial charge in [0, 0.05) is 22.7 Å². The van der Waals surface area contributed by atoms with Gasteiger partial charge in [0.2, 0.25) is 5.91 Å². The molecular weight excluding hydrogens is 320 g/mol. The number of carbonyl (C=O) groups is 2. The molecule has 1 unspecified atom stereocenters. The molecule has 1 aromatic carbocycles. The van der Waals surface area contributed by atoms with E-state index in [0.29, 0.717) is 18.2 Å². The van der Waals surface area contributed by atoms with Crippen LogP contribution in [0.4, 0.5) is 0 Å². The molecule has 2 N–H and O–H groups in total. The summed E-state index contributed by atoms with van der Waals surface area (Å²) >= 11 is 6.22. The number of carboxylic acids is 1. The molecule has 1 atom stereocenters. The Morgan fingerprint density at radius 1 is 1.43 bits per heavy atom. The molecule has 1 amide bonds. The third kappa shape index (κ3) is 4.67. The number of amides is 1. The normalized spacial score (nSPS) is 20.9. The van der Waals surface area contributed by atoms with Crippen LogP contribution < -0.4 is 5.32 Å². The number of hydrogen-bond donors (Lipinski definition) is 2. The number of halogens is 1. The lowest BCUT2D eigenvalue weighted by Crippen LogP contribution is -2.56. The van der Waals surface area contributed by atoms with Gasteiger partial charge in [-0.2, -0.15) is 0 Å². The second-order valence-corrected chi connectivity index (χ2v) is 6.59. The summed E-state index contributed by atoms with van der Waals surface area (Å²) < 4.78 is 5.92. The van der Waals surface area contributed by atoms with Gasteiger partial charge in [-0.1, -0.05) is 29.8 Å². The molecule has 0 spiro atoms. The summed E-state index contributed by atoms with van der Waals surface area (Å²) in [6.45, 7) is 4.68. The van der Waals surface area contributed by atoms with Crippen LogP contribution in [0.25, 0.3) is 0 Å². The Kier molecular flexibility index (Phi) is 5.62. The predicted molar refractivity (Wildman–Crippen MR) is 86.4 cm³/mol. The molecule has 1 aromatic rings. The first-order chi connectivity index (χ1) is 10.8. The number of carboxylic acid groups (broad SMARTS) is 1. The summed E-state index contributed by atoms with van der Waals surface area (Å²) in [5, 5.41) is 11.6. The molecule has 0 radical (unpaired) electrons. The topological polar surface area (TPSA) is 78.9 Å². The summed E-state index contributed by atoms with van der Waals surface area (Å²) in [5.41, 5.74) is 0.568. The molecule has 1 saturated heterocycles. The Morgan fingerprint density at radius 3 is 2.78 bits per heavy atom. The van der Waals surface area contributed by atoms with Gasteiger partial charge in [0.05, 0.1) is 19.3 Å². The van der Waals surface area contributed by atoms with Crippen molar-refractivity contribution in [1.29, 1.82) is 0 Å². The monoisotopic (exact) mass is 340 g/mol. The van der Waals surface area contributed by atoms with Crippen LogP contribution >= 0.6 is 11.6 Å². The molecule has 1 aliphatic rings. The first-order valence-corrected chi connectivity index (χ1v) is 7.77. The fourth-order valence-electron chi connectivity index (χ4n) is 2.50. The van der Waals surface area contributed by atoms with Crippen LogP contribution in [0.15, 0.2) is 24.3 Å². The molecule has 7 heteroatoms. The highest BCUT2D eigenvalue weighted by molar-refractivity contribution is 6.31. The van der Waals surface area contributed by atoms with E-state index < -0.39 is 5.97 Å². The number of carbonyl (C=O) groups excluding carboxylic acids is 1. The van der Waals surface area contributed by atoms with E-state index in [0.717, 1.165) is 5.56 Å². The number of nitrogens with one attached hydrogen (secondary N) is 1. The van der Waals surface area contributed by atoms with Gasteiger partial charge >= 0.3 is 5.97 Å². The highest BCUT2D eigenvalue weighted by Gasteiger charge is 2.37. The average Bonchev–Trinajstić information content (AvgIpc) is 2.48. The Hall–Kier alpha value is -1.63. The maximum Gasteiger partial charge on any atom is 0.322 e. The van der Waals surface area contributed by atoms with Crippen molar-refractivity contribution in [3.8, 4) is 0 Å². The van der Waals surface area contributed by atoms with Gasteiger partial charge in [0.15, 0.2) is 0 Å². The molecule has 0 bridgehead atoms. The van der Waals surface area contributed by atoms with Gasteiger partial charge in [0.1, 0.15) is 6.54 Å². The smallest absolute Gasteiger partial charge is 0.322 e. The van der Waals surface area contributed by atoms with E-state index in [1.54, 1.807) is 0 Å². The van der Waals surface area contributed by atoms with Gasteiger partial charge in [0.25, 0.3) is 0 Å². The molecule has 23 heavy (non-hydrogen) atoms. The van der Waals surface area contributed by atoms with Crippen LogP contribution in [-0.4, -0.2) is 53.7 Å². The van der Waals surface area contributed by atoms with Gasteiger partial charge in [-0.25, -0.2) is 0 Å². The fourth-order valence-corrected chi connectivity index (χ4v) is 2.76. The summed E-state index contributed by atoms with van der Waals surface area (Å²) in [7, 11) is 0. The summed E-state index contributed by atoms with van der Waals surface area (Å²) in [6.07, 6.45) is -0.219. The van der Waals surface area contributed by atoms with E-state index in [9.17, 15) is 9.59 Å². The molecule has 1 fully saturated rings. The maximum atomic E-state index is 11.9. The minimum absolute atomic E-state index is 0.116. The lowest BCUT2D eigenvalue weighted by atomic mass is 9.98. The minimum Gasteiger partial charge on any atom is -0.480 e.